The molecule has 2 rings (SSSR count). The third-order valence-corrected chi connectivity index (χ3v) is 4.78. The standard InChI is InChI=1S/C14H22BrN3OS.HI/c1-16-14(18-8-13-7-12(15)10-20-13)17-5-2-6-19-9-11-3-4-11;/h7,10-11H,2-6,8-9H2,1H3,(H2,16,17,18);1H. The lowest BCUT2D eigenvalue weighted by Gasteiger charge is -2.11. The molecule has 0 aromatic carbocycles. The summed E-state index contributed by atoms with van der Waals surface area (Å²) in [6, 6.07) is 2.12. The molecule has 0 unspecified atom stereocenters. The average Bonchev–Trinajstić information content (AvgIpc) is 3.18. The molecule has 0 bridgehead atoms. The molecule has 0 aliphatic heterocycles. The first kappa shape index (κ1) is 19.2. The Kier molecular flexibility index (Phi) is 9.87. The summed E-state index contributed by atoms with van der Waals surface area (Å²) in [5.74, 6) is 1.69. The zero-order valence-corrected chi connectivity index (χ0v) is 17.0. The van der Waals surface area contributed by atoms with E-state index in [1.807, 2.05) is 0 Å². The Balaban J connectivity index is 0.00000220. The molecular formula is C14H23BrIN3OS. The predicted molar refractivity (Wildman–Crippen MR) is 104 cm³/mol. The van der Waals surface area contributed by atoms with Gasteiger partial charge in [-0.3, -0.25) is 4.99 Å². The summed E-state index contributed by atoms with van der Waals surface area (Å²) >= 11 is 5.19. The fourth-order valence-electron chi connectivity index (χ4n) is 1.75. The highest BCUT2D eigenvalue weighted by Crippen LogP contribution is 2.28. The molecule has 0 atom stereocenters. The first-order valence-electron chi connectivity index (χ1n) is 7.03. The molecule has 1 fully saturated rings. The van der Waals surface area contributed by atoms with Crippen molar-refractivity contribution in [1.82, 2.24) is 10.6 Å². The first-order valence-corrected chi connectivity index (χ1v) is 8.70. The summed E-state index contributed by atoms with van der Waals surface area (Å²) in [4.78, 5) is 5.50. The van der Waals surface area contributed by atoms with E-state index in [0.717, 1.165) is 49.1 Å². The highest BCUT2D eigenvalue weighted by Gasteiger charge is 2.20. The molecule has 0 saturated heterocycles. The zero-order chi connectivity index (χ0) is 14.2. The summed E-state index contributed by atoms with van der Waals surface area (Å²) in [5.41, 5.74) is 0. The number of thiophene rings is 1. The second kappa shape index (κ2) is 10.8. The van der Waals surface area contributed by atoms with Crippen LogP contribution in [0.4, 0.5) is 0 Å². The van der Waals surface area contributed by atoms with Gasteiger partial charge in [0.15, 0.2) is 5.96 Å². The van der Waals surface area contributed by atoms with E-state index < -0.39 is 0 Å². The number of halogens is 2. The van der Waals surface area contributed by atoms with Gasteiger partial charge in [0.2, 0.25) is 0 Å². The molecule has 0 spiro atoms. The van der Waals surface area contributed by atoms with E-state index in [9.17, 15) is 0 Å². The second-order valence-corrected chi connectivity index (χ2v) is 6.87. The van der Waals surface area contributed by atoms with Gasteiger partial charge in [0.1, 0.15) is 0 Å². The number of hydrogen-bond acceptors (Lipinski definition) is 3. The lowest BCUT2D eigenvalue weighted by molar-refractivity contribution is 0.123. The van der Waals surface area contributed by atoms with E-state index in [1.54, 1.807) is 18.4 Å². The Bertz CT molecular complexity index is 438. The molecule has 4 nitrogen and oxygen atoms in total. The molecule has 0 amide bonds. The number of guanidine groups is 1. The van der Waals surface area contributed by atoms with Gasteiger partial charge < -0.3 is 15.4 Å². The van der Waals surface area contributed by atoms with Crippen molar-refractivity contribution in [3.05, 3.63) is 20.8 Å². The number of ether oxygens (including phenoxy) is 1. The minimum atomic E-state index is 0. The minimum absolute atomic E-state index is 0. The van der Waals surface area contributed by atoms with Crippen LogP contribution >= 0.6 is 51.2 Å². The third kappa shape index (κ3) is 8.37. The van der Waals surface area contributed by atoms with Crippen LogP contribution in [0.2, 0.25) is 0 Å². The fourth-order valence-corrected chi connectivity index (χ4v) is 3.14. The van der Waals surface area contributed by atoms with Crippen LogP contribution in [0.3, 0.4) is 0 Å². The normalized spacial score (nSPS) is 14.7. The van der Waals surface area contributed by atoms with Crippen LogP contribution < -0.4 is 10.6 Å². The van der Waals surface area contributed by atoms with Crippen molar-refractivity contribution in [3.63, 3.8) is 0 Å². The van der Waals surface area contributed by atoms with Crippen molar-refractivity contribution >= 4 is 57.2 Å². The van der Waals surface area contributed by atoms with Crippen LogP contribution in [0, 0.1) is 5.92 Å². The van der Waals surface area contributed by atoms with Crippen molar-refractivity contribution < 1.29 is 4.74 Å². The molecule has 1 heterocycles. The van der Waals surface area contributed by atoms with Gasteiger partial charge in [-0.2, -0.15) is 0 Å². The van der Waals surface area contributed by atoms with Crippen molar-refractivity contribution in [2.75, 3.05) is 26.8 Å². The maximum atomic E-state index is 5.60. The predicted octanol–water partition coefficient (Wildman–Crippen LogP) is 3.61. The third-order valence-electron chi connectivity index (χ3n) is 3.08. The summed E-state index contributed by atoms with van der Waals surface area (Å²) in [5, 5.41) is 8.70. The van der Waals surface area contributed by atoms with Crippen molar-refractivity contribution in [1.29, 1.82) is 0 Å². The summed E-state index contributed by atoms with van der Waals surface area (Å²) < 4.78 is 6.74. The lowest BCUT2D eigenvalue weighted by atomic mass is 10.4. The minimum Gasteiger partial charge on any atom is -0.381 e. The Labute approximate surface area is 156 Å². The van der Waals surface area contributed by atoms with E-state index in [0.29, 0.717) is 0 Å². The largest absolute Gasteiger partial charge is 0.381 e. The van der Waals surface area contributed by atoms with E-state index >= 15 is 0 Å². The quantitative estimate of drug-likeness (QED) is 0.255. The molecule has 1 aliphatic carbocycles. The number of rotatable bonds is 8. The number of nitrogens with one attached hydrogen (secondary N) is 2. The smallest absolute Gasteiger partial charge is 0.191 e. The first-order chi connectivity index (χ1) is 9.78. The molecule has 1 saturated carbocycles. The molecule has 1 aromatic rings. The van der Waals surface area contributed by atoms with Crippen LogP contribution in [-0.4, -0.2) is 32.8 Å². The molecule has 1 aliphatic rings. The van der Waals surface area contributed by atoms with Crippen LogP contribution in [0.15, 0.2) is 20.9 Å². The monoisotopic (exact) mass is 487 g/mol. The summed E-state index contributed by atoms with van der Waals surface area (Å²) in [6.45, 7) is 3.46. The molecule has 21 heavy (non-hydrogen) atoms. The molecule has 7 heteroatoms. The Hall–Kier alpha value is 0.140. The van der Waals surface area contributed by atoms with Gasteiger partial charge in [-0.1, -0.05) is 0 Å². The SMILES string of the molecule is CN=C(NCCCOCC1CC1)NCc1cc(Br)cs1.I. The van der Waals surface area contributed by atoms with Gasteiger partial charge in [-0.25, -0.2) is 0 Å². The van der Waals surface area contributed by atoms with E-state index in [4.69, 9.17) is 4.74 Å². The van der Waals surface area contributed by atoms with Crippen molar-refractivity contribution in [3.8, 4) is 0 Å². The molecule has 120 valence electrons. The van der Waals surface area contributed by atoms with Crippen LogP contribution in [0.5, 0.6) is 0 Å². The highest BCUT2D eigenvalue weighted by atomic mass is 127. The Morgan fingerprint density at radius 1 is 1.48 bits per heavy atom. The van der Waals surface area contributed by atoms with Gasteiger partial charge in [-0.05, 0) is 47.2 Å². The van der Waals surface area contributed by atoms with Gasteiger partial charge in [-0.15, -0.1) is 35.3 Å². The number of aliphatic imine (C=N–C) groups is 1. The molecule has 0 radical (unpaired) electrons. The van der Waals surface area contributed by atoms with Gasteiger partial charge in [0, 0.05) is 41.5 Å². The Morgan fingerprint density at radius 3 is 2.90 bits per heavy atom. The lowest BCUT2D eigenvalue weighted by Crippen LogP contribution is -2.37. The fraction of sp³-hybridized carbons (Fsp3) is 0.643. The molecule has 1 aromatic heterocycles. The maximum absolute atomic E-state index is 5.60. The molecular weight excluding hydrogens is 465 g/mol. The van der Waals surface area contributed by atoms with Gasteiger partial charge >= 0.3 is 0 Å². The van der Waals surface area contributed by atoms with Gasteiger partial charge in [0.05, 0.1) is 6.54 Å². The van der Waals surface area contributed by atoms with E-state index in [-0.39, 0.29) is 24.0 Å². The van der Waals surface area contributed by atoms with Crippen molar-refractivity contribution in [2.24, 2.45) is 10.9 Å². The van der Waals surface area contributed by atoms with Crippen LogP contribution in [0.1, 0.15) is 24.1 Å². The second-order valence-electron chi connectivity index (χ2n) is 4.96. The van der Waals surface area contributed by atoms with Gasteiger partial charge in [0.25, 0.3) is 0 Å². The highest BCUT2D eigenvalue weighted by molar-refractivity contribution is 14.0. The summed E-state index contributed by atoms with van der Waals surface area (Å²) in [6.07, 6.45) is 3.72. The van der Waals surface area contributed by atoms with Crippen molar-refractivity contribution in [2.45, 2.75) is 25.8 Å². The van der Waals surface area contributed by atoms with E-state index in [1.165, 1.54) is 17.7 Å². The number of hydrogen-bond donors (Lipinski definition) is 2. The number of nitrogens with zero attached hydrogens (tertiary/aromatic N) is 1. The van der Waals surface area contributed by atoms with E-state index in [2.05, 4.69) is 43.0 Å². The van der Waals surface area contributed by atoms with Crippen LogP contribution in [-0.2, 0) is 11.3 Å². The topological polar surface area (TPSA) is 45.7 Å². The van der Waals surface area contributed by atoms with Crippen LogP contribution in [0.25, 0.3) is 0 Å². The summed E-state index contributed by atoms with van der Waals surface area (Å²) in [7, 11) is 1.79. The average molecular weight is 488 g/mol. The Morgan fingerprint density at radius 2 is 2.29 bits per heavy atom. The zero-order valence-electron chi connectivity index (χ0n) is 12.2. The molecule has 2 N–H and O–H groups in total. The maximum Gasteiger partial charge on any atom is 0.191 e.